The third-order valence-electron chi connectivity index (χ3n) is 4.63. The van der Waals surface area contributed by atoms with E-state index in [1.807, 2.05) is 24.3 Å². The lowest BCUT2D eigenvalue weighted by Crippen LogP contribution is -2.44. The molecule has 0 bridgehead atoms. The van der Waals surface area contributed by atoms with Crippen molar-refractivity contribution >= 4 is 16.1 Å². The summed E-state index contributed by atoms with van der Waals surface area (Å²) in [5, 5.41) is 2.68. The van der Waals surface area contributed by atoms with Gasteiger partial charge in [-0.2, -0.15) is 0 Å². The van der Waals surface area contributed by atoms with Crippen LogP contribution in [0.15, 0.2) is 24.3 Å². The first-order chi connectivity index (χ1) is 12.0. The standard InChI is InChI=1S/C17H25N3O4S/c1-19(13-15-12-14-6-2-3-7-16(14)24-15)17(21)18-8-11-25(22,23)20-9-4-5-10-20/h2-3,6-7,15H,4-5,8-13H2,1H3,(H,18,21)/t15-/m0/s1. The molecule has 1 aromatic carbocycles. The van der Waals surface area contributed by atoms with Crippen LogP contribution in [0.4, 0.5) is 4.79 Å². The summed E-state index contributed by atoms with van der Waals surface area (Å²) in [6, 6.07) is 7.58. The molecule has 2 heterocycles. The summed E-state index contributed by atoms with van der Waals surface area (Å²) in [4.78, 5) is 13.7. The van der Waals surface area contributed by atoms with Crippen LogP contribution in [0.1, 0.15) is 18.4 Å². The van der Waals surface area contributed by atoms with Crippen molar-refractivity contribution in [2.75, 3.05) is 39.0 Å². The van der Waals surface area contributed by atoms with Crippen LogP contribution in [0.2, 0.25) is 0 Å². The molecule has 1 fully saturated rings. The van der Waals surface area contributed by atoms with Crippen molar-refractivity contribution in [1.82, 2.24) is 14.5 Å². The number of hydrogen-bond donors (Lipinski definition) is 1. The van der Waals surface area contributed by atoms with Crippen LogP contribution in [0, 0.1) is 0 Å². The predicted molar refractivity (Wildman–Crippen MR) is 95.2 cm³/mol. The quantitative estimate of drug-likeness (QED) is 0.815. The first-order valence-corrected chi connectivity index (χ1v) is 10.3. The molecule has 0 spiro atoms. The van der Waals surface area contributed by atoms with E-state index in [2.05, 4.69) is 5.32 Å². The van der Waals surface area contributed by atoms with E-state index in [0.717, 1.165) is 30.6 Å². The fourth-order valence-corrected chi connectivity index (χ4v) is 4.69. The van der Waals surface area contributed by atoms with Crippen molar-refractivity contribution in [1.29, 1.82) is 0 Å². The van der Waals surface area contributed by atoms with Crippen LogP contribution >= 0.6 is 0 Å². The minimum atomic E-state index is -3.26. The molecule has 1 saturated heterocycles. The summed E-state index contributed by atoms with van der Waals surface area (Å²) in [5.74, 6) is 0.816. The number of hydrogen-bond acceptors (Lipinski definition) is 4. The van der Waals surface area contributed by atoms with Crippen molar-refractivity contribution in [3.63, 3.8) is 0 Å². The second-order valence-electron chi connectivity index (χ2n) is 6.59. The van der Waals surface area contributed by atoms with Gasteiger partial charge < -0.3 is 15.0 Å². The van der Waals surface area contributed by atoms with Crippen LogP contribution in [-0.4, -0.2) is 68.7 Å². The van der Waals surface area contributed by atoms with E-state index in [9.17, 15) is 13.2 Å². The second kappa shape index (κ2) is 7.61. The molecule has 25 heavy (non-hydrogen) atoms. The number of benzene rings is 1. The SMILES string of the molecule is CN(C[C@@H]1Cc2ccccc2O1)C(=O)NCCS(=O)(=O)N1CCCC1. The van der Waals surface area contributed by atoms with Gasteiger partial charge in [0.15, 0.2) is 0 Å². The summed E-state index contributed by atoms with van der Waals surface area (Å²) >= 11 is 0. The topological polar surface area (TPSA) is 79.0 Å². The molecule has 0 unspecified atom stereocenters. The van der Waals surface area contributed by atoms with Crippen molar-refractivity contribution in [3.05, 3.63) is 29.8 Å². The molecule has 1 N–H and O–H groups in total. The predicted octanol–water partition coefficient (Wildman–Crippen LogP) is 1.06. The molecule has 0 saturated carbocycles. The van der Waals surface area contributed by atoms with Crippen molar-refractivity contribution in [2.24, 2.45) is 0 Å². The second-order valence-corrected chi connectivity index (χ2v) is 8.67. The molecule has 1 aromatic rings. The van der Waals surface area contributed by atoms with Crippen LogP contribution in [0.5, 0.6) is 5.75 Å². The van der Waals surface area contributed by atoms with Gasteiger partial charge in [-0.3, -0.25) is 0 Å². The highest BCUT2D eigenvalue weighted by Crippen LogP contribution is 2.28. The van der Waals surface area contributed by atoms with Gasteiger partial charge in [0.2, 0.25) is 10.0 Å². The highest BCUT2D eigenvalue weighted by molar-refractivity contribution is 7.89. The number of urea groups is 1. The molecular formula is C17H25N3O4S. The molecule has 2 aliphatic rings. The number of carbonyl (C=O) groups excluding carboxylic acids is 1. The molecule has 0 aliphatic carbocycles. The number of ether oxygens (including phenoxy) is 1. The van der Waals surface area contributed by atoms with Crippen molar-refractivity contribution < 1.29 is 17.9 Å². The molecule has 0 aromatic heterocycles. The van der Waals surface area contributed by atoms with E-state index in [0.29, 0.717) is 19.6 Å². The lowest BCUT2D eigenvalue weighted by molar-refractivity contribution is 0.164. The summed E-state index contributed by atoms with van der Waals surface area (Å²) in [6.45, 7) is 1.76. The van der Waals surface area contributed by atoms with Crippen molar-refractivity contribution in [3.8, 4) is 5.75 Å². The fraction of sp³-hybridized carbons (Fsp3) is 0.588. The molecule has 2 amide bonds. The number of carbonyl (C=O) groups is 1. The Morgan fingerprint density at radius 2 is 2.04 bits per heavy atom. The first-order valence-electron chi connectivity index (χ1n) is 8.67. The fourth-order valence-electron chi connectivity index (χ4n) is 3.26. The zero-order chi connectivity index (χ0) is 17.9. The smallest absolute Gasteiger partial charge is 0.317 e. The summed E-state index contributed by atoms with van der Waals surface area (Å²) in [5.41, 5.74) is 1.15. The highest BCUT2D eigenvalue weighted by Gasteiger charge is 2.27. The maximum atomic E-state index is 12.2. The Bertz CT molecular complexity index is 691. The van der Waals surface area contributed by atoms with Gasteiger partial charge in [0.25, 0.3) is 0 Å². The van der Waals surface area contributed by atoms with E-state index in [1.165, 1.54) is 4.31 Å². The minimum absolute atomic E-state index is 0.0576. The zero-order valence-electron chi connectivity index (χ0n) is 14.5. The number of sulfonamides is 1. The lowest BCUT2D eigenvalue weighted by Gasteiger charge is -2.22. The normalized spacial score (nSPS) is 20.1. The van der Waals surface area contributed by atoms with E-state index < -0.39 is 10.0 Å². The van der Waals surface area contributed by atoms with E-state index in [-0.39, 0.29) is 24.4 Å². The Labute approximate surface area is 149 Å². The van der Waals surface area contributed by atoms with E-state index in [4.69, 9.17) is 4.74 Å². The van der Waals surface area contributed by atoms with E-state index >= 15 is 0 Å². The van der Waals surface area contributed by atoms with Crippen LogP contribution < -0.4 is 10.1 Å². The monoisotopic (exact) mass is 367 g/mol. The van der Waals surface area contributed by atoms with Crippen LogP contribution in [0.25, 0.3) is 0 Å². The summed E-state index contributed by atoms with van der Waals surface area (Å²) in [7, 11) is -1.57. The summed E-state index contributed by atoms with van der Waals surface area (Å²) < 4.78 is 31.6. The largest absolute Gasteiger partial charge is 0.488 e. The number of amides is 2. The number of nitrogens with zero attached hydrogens (tertiary/aromatic N) is 2. The molecule has 138 valence electrons. The Morgan fingerprint density at radius 1 is 1.32 bits per heavy atom. The van der Waals surface area contributed by atoms with E-state index in [1.54, 1.807) is 11.9 Å². The Hall–Kier alpha value is -1.80. The average molecular weight is 367 g/mol. The van der Waals surface area contributed by atoms with Gasteiger partial charge in [-0.25, -0.2) is 17.5 Å². The van der Waals surface area contributed by atoms with Gasteiger partial charge in [0.1, 0.15) is 11.9 Å². The third-order valence-corrected chi connectivity index (χ3v) is 6.50. The zero-order valence-corrected chi connectivity index (χ0v) is 15.3. The van der Waals surface area contributed by atoms with Crippen LogP contribution in [-0.2, 0) is 16.4 Å². The number of nitrogens with one attached hydrogen (secondary N) is 1. The molecule has 2 aliphatic heterocycles. The first kappa shape index (κ1) is 18.0. The van der Waals surface area contributed by atoms with Gasteiger partial charge in [-0.05, 0) is 24.5 Å². The molecular weight excluding hydrogens is 342 g/mol. The molecule has 3 rings (SSSR count). The average Bonchev–Trinajstić information content (AvgIpc) is 3.24. The molecule has 1 atom stereocenters. The number of fused-ring (bicyclic) bond motifs is 1. The lowest BCUT2D eigenvalue weighted by atomic mass is 10.1. The van der Waals surface area contributed by atoms with Crippen molar-refractivity contribution in [2.45, 2.75) is 25.4 Å². The van der Waals surface area contributed by atoms with Crippen LogP contribution in [0.3, 0.4) is 0 Å². The summed E-state index contributed by atoms with van der Waals surface area (Å²) in [6.07, 6.45) is 2.54. The highest BCUT2D eigenvalue weighted by atomic mass is 32.2. The Morgan fingerprint density at radius 3 is 2.76 bits per heavy atom. The number of likely N-dealkylation sites (N-methyl/N-ethyl adjacent to an activating group) is 1. The van der Waals surface area contributed by atoms with Gasteiger partial charge in [-0.15, -0.1) is 0 Å². The minimum Gasteiger partial charge on any atom is -0.488 e. The molecule has 8 heteroatoms. The number of rotatable bonds is 6. The number of para-hydroxylation sites is 1. The van der Waals surface area contributed by atoms with Gasteiger partial charge in [0.05, 0.1) is 12.3 Å². The maximum Gasteiger partial charge on any atom is 0.317 e. The molecule has 7 nitrogen and oxygen atoms in total. The Balaban J connectivity index is 1.41. The molecule has 0 radical (unpaired) electrons. The third kappa shape index (κ3) is 4.43. The maximum absolute atomic E-state index is 12.2. The van der Waals surface area contributed by atoms with Gasteiger partial charge >= 0.3 is 6.03 Å². The van der Waals surface area contributed by atoms with Gasteiger partial charge in [-0.1, -0.05) is 18.2 Å². The van der Waals surface area contributed by atoms with Gasteiger partial charge in [0, 0.05) is 33.1 Å². The Kier molecular flexibility index (Phi) is 5.48.